The Balaban J connectivity index is 3.03. The summed E-state index contributed by atoms with van der Waals surface area (Å²) >= 11 is 0. The molecule has 0 atom stereocenters. The third-order valence-corrected chi connectivity index (χ3v) is 2.58. The van der Waals surface area contributed by atoms with E-state index in [2.05, 4.69) is 10.6 Å². The average Bonchev–Trinajstić information content (AvgIpc) is 2.41. The lowest BCUT2D eigenvalue weighted by molar-refractivity contribution is -0.137. The zero-order chi connectivity index (χ0) is 16.0. The molecule has 0 aliphatic rings. The zero-order valence-corrected chi connectivity index (χ0v) is 11.4. The monoisotopic (exact) mass is 303 g/mol. The van der Waals surface area contributed by atoms with Gasteiger partial charge in [-0.05, 0) is 24.6 Å². The van der Waals surface area contributed by atoms with Crippen LogP contribution in [-0.4, -0.2) is 24.9 Å². The molecule has 0 saturated heterocycles. The van der Waals surface area contributed by atoms with Crippen molar-refractivity contribution in [2.24, 2.45) is 5.73 Å². The standard InChI is InChI=1S/C13H16F3N3O2/c1-2-5-18-10-4-3-8(6-9(10)13(14,15)16)12(21)19-7-11(17)20/h3-4,6,18H,2,5,7H2,1H3,(H2,17,20)(H,19,21). The Labute approximate surface area is 119 Å². The van der Waals surface area contributed by atoms with Crippen LogP contribution in [-0.2, 0) is 11.0 Å². The number of alkyl halides is 3. The highest BCUT2D eigenvalue weighted by atomic mass is 19.4. The summed E-state index contributed by atoms with van der Waals surface area (Å²) in [4.78, 5) is 22.2. The van der Waals surface area contributed by atoms with Crippen molar-refractivity contribution in [1.82, 2.24) is 5.32 Å². The van der Waals surface area contributed by atoms with Gasteiger partial charge in [0.2, 0.25) is 5.91 Å². The summed E-state index contributed by atoms with van der Waals surface area (Å²) in [7, 11) is 0. The summed E-state index contributed by atoms with van der Waals surface area (Å²) in [6, 6.07) is 3.19. The Bertz CT molecular complexity index is 530. The van der Waals surface area contributed by atoms with Crippen molar-refractivity contribution in [3.63, 3.8) is 0 Å². The molecular weight excluding hydrogens is 287 g/mol. The van der Waals surface area contributed by atoms with Crippen molar-refractivity contribution >= 4 is 17.5 Å². The van der Waals surface area contributed by atoms with Gasteiger partial charge in [-0.15, -0.1) is 0 Å². The minimum atomic E-state index is -4.59. The minimum absolute atomic E-state index is 0.0872. The van der Waals surface area contributed by atoms with E-state index in [0.29, 0.717) is 13.0 Å². The highest BCUT2D eigenvalue weighted by Gasteiger charge is 2.34. The quantitative estimate of drug-likeness (QED) is 0.748. The third kappa shape index (κ3) is 4.97. The number of hydrogen-bond acceptors (Lipinski definition) is 3. The average molecular weight is 303 g/mol. The minimum Gasteiger partial charge on any atom is -0.385 e. The van der Waals surface area contributed by atoms with Crippen LogP contribution in [0.15, 0.2) is 18.2 Å². The Morgan fingerprint density at radius 1 is 1.29 bits per heavy atom. The van der Waals surface area contributed by atoms with Crippen molar-refractivity contribution in [3.05, 3.63) is 29.3 Å². The van der Waals surface area contributed by atoms with Gasteiger partial charge in [-0.1, -0.05) is 6.92 Å². The van der Waals surface area contributed by atoms with Gasteiger partial charge < -0.3 is 16.4 Å². The molecule has 4 N–H and O–H groups in total. The predicted molar refractivity (Wildman–Crippen MR) is 71.8 cm³/mol. The van der Waals surface area contributed by atoms with E-state index < -0.39 is 30.1 Å². The van der Waals surface area contributed by atoms with Gasteiger partial charge in [0, 0.05) is 17.8 Å². The van der Waals surface area contributed by atoms with Gasteiger partial charge in [-0.3, -0.25) is 9.59 Å². The number of anilines is 1. The second kappa shape index (κ2) is 6.96. The molecule has 0 spiro atoms. The molecule has 1 aromatic carbocycles. The van der Waals surface area contributed by atoms with E-state index >= 15 is 0 Å². The van der Waals surface area contributed by atoms with Crippen molar-refractivity contribution in [1.29, 1.82) is 0 Å². The number of carbonyl (C=O) groups is 2. The zero-order valence-electron chi connectivity index (χ0n) is 11.4. The summed E-state index contributed by atoms with van der Waals surface area (Å²) in [5, 5.41) is 4.80. The maximum atomic E-state index is 13.0. The van der Waals surface area contributed by atoms with Crippen LogP contribution in [0.1, 0.15) is 29.3 Å². The molecule has 0 unspecified atom stereocenters. The molecule has 0 fully saturated rings. The summed E-state index contributed by atoms with van der Waals surface area (Å²) in [5.74, 6) is -1.57. The number of benzene rings is 1. The molecule has 0 bridgehead atoms. The Hall–Kier alpha value is -2.25. The van der Waals surface area contributed by atoms with Crippen LogP contribution in [0, 0.1) is 0 Å². The summed E-state index contributed by atoms with van der Waals surface area (Å²) in [6.07, 6.45) is -3.92. The number of hydrogen-bond donors (Lipinski definition) is 3. The molecule has 2 amide bonds. The molecule has 0 aliphatic carbocycles. The van der Waals surface area contributed by atoms with Crippen molar-refractivity contribution in [2.75, 3.05) is 18.4 Å². The third-order valence-electron chi connectivity index (χ3n) is 2.58. The lowest BCUT2D eigenvalue weighted by Gasteiger charge is -2.15. The van der Waals surface area contributed by atoms with E-state index in [1.165, 1.54) is 12.1 Å². The van der Waals surface area contributed by atoms with Crippen molar-refractivity contribution in [3.8, 4) is 0 Å². The molecule has 5 nitrogen and oxygen atoms in total. The Morgan fingerprint density at radius 2 is 1.95 bits per heavy atom. The van der Waals surface area contributed by atoms with E-state index in [-0.39, 0.29) is 11.3 Å². The SMILES string of the molecule is CCCNc1ccc(C(=O)NCC(N)=O)cc1C(F)(F)F. The maximum absolute atomic E-state index is 13.0. The maximum Gasteiger partial charge on any atom is 0.418 e. The van der Waals surface area contributed by atoms with E-state index in [0.717, 1.165) is 6.07 Å². The lowest BCUT2D eigenvalue weighted by atomic mass is 10.1. The molecule has 0 saturated carbocycles. The van der Waals surface area contributed by atoms with Gasteiger partial charge in [0.05, 0.1) is 12.1 Å². The summed E-state index contributed by atoms with van der Waals surface area (Å²) in [5.41, 5.74) is 3.65. The first-order valence-electron chi connectivity index (χ1n) is 6.27. The van der Waals surface area contributed by atoms with Crippen LogP contribution in [0.2, 0.25) is 0 Å². The van der Waals surface area contributed by atoms with Crippen LogP contribution in [0.25, 0.3) is 0 Å². The molecule has 1 rings (SSSR count). The molecular formula is C13H16F3N3O2. The summed E-state index contributed by atoms with van der Waals surface area (Å²) in [6.45, 7) is 1.78. The summed E-state index contributed by atoms with van der Waals surface area (Å²) < 4.78 is 39.0. The van der Waals surface area contributed by atoms with Gasteiger partial charge in [-0.25, -0.2) is 0 Å². The molecule has 116 valence electrons. The first-order valence-corrected chi connectivity index (χ1v) is 6.27. The van der Waals surface area contributed by atoms with Gasteiger partial charge in [0.15, 0.2) is 0 Å². The highest BCUT2D eigenvalue weighted by Crippen LogP contribution is 2.35. The fourth-order valence-electron chi connectivity index (χ4n) is 1.60. The van der Waals surface area contributed by atoms with E-state index in [4.69, 9.17) is 5.73 Å². The van der Waals surface area contributed by atoms with Crippen molar-refractivity contribution < 1.29 is 22.8 Å². The molecule has 1 aromatic rings. The van der Waals surface area contributed by atoms with E-state index in [1.807, 2.05) is 6.92 Å². The fraction of sp³-hybridized carbons (Fsp3) is 0.385. The number of nitrogens with one attached hydrogen (secondary N) is 2. The normalized spacial score (nSPS) is 11.0. The van der Waals surface area contributed by atoms with Gasteiger partial charge in [0.25, 0.3) is 5.91 Å². The first kappa shape index (κ1) is 16.8. The molecule has 0 heterocycles. The van der Waals surface area contributed by atoms with Crippen LogP contribution >= 0.6 is 0 Å². The van der Waals surface area contributed by atoms with Crippen LogP contribution in [0.5, 0.6) is 0 Å². The van der Waals surface area contributed by atoms with Gasteiger partial charge >= 0.3 is 6.18 Å². The predicted octanol–water partition coefficient (Wildman–Crippen LogP) is 1.74. The van der Waals surface area contributed by atoms with Gasteiger partial charge in [0.1, 0.15) is 0 Å². The fourth-order valence-corrected chi connectivity index (χ4v) is 1.60. The largest absolute Gasteiger partial charge is 0.418 e. The van der Waals surface area contributed by atoms with Crippen LogP contribution in [0.4, 0.5) is 18.9 Å². The molecule has 0 aromatic heterocycles. The number of nitrogens with two attached hydrogens (primary N) is 1. The molecule has 0 aliphatic heterocycles. The number of rotatable bonds is 6. The second-order valence-electron chi connectivity index (χ2n) is 4.33. The number of carbonyl (C=O) groups excluding carboxylic acids is 2. The highest BCUT2D eigenvalue weighted by molar-refractivity contribution is 5.96. The van der Waals surface area contributed by atoms with E-state index in [1.54, 1.807) is 0 Å². The first-order chi connectivity index (χ1) is 9.75. The van der Waals surface area contributed by atoms with Gasteiger partial charge in [-0.2, -0.15) is 13.2 Å². The lowest BCUT2D eigenvalue weighted by Crippen LogP contribution is -2.33. The topological polar surface area (TPSA) is 84.2 Å². The van der Waals surface area contributed by atoms with Crippen LogP contribution in [0.3, 0.4) is 0 Å². The van der Waals surface area contributed by atoms with E-state index in [9.17, 15) is 22.8 Å². The second-order valence-corrected chi connectivity index (χ2v) is 4.33. The molecule has 21 heavy (non-hydrogen) atoms. The Kier molecular flexibility index (Phi) is 5.57. The van der Waals surface area contributed by atoms with Crippen LogP contribution < -0.4 is 16.4 Å². The van der Waals surface area contributed by atoms with Crippen molar-refractivity contribution in [2.45, 2.75) is 19.5 Å². The number of amides is 2. The Morgan fingerprint density at radius 3 is 2.48 bits per heavy atom. The molecule has 0 radical (unpaired) electrons. The number of halogens is 3. The molecule has 8 heteroatoms. The number of primary amides is 1. The smallest absolute Gasteiger partial charge is 0.385 e.